The number of hydrogen-bond donors (Lipinski definition) is 4. The minimum absolute atomic E-state index is 0.120. The summed E-state index contributed by atoms with van der Waals surface area (Å²) in [6, 6.07) is 0.102. The second-order valence-electron chi connectivity index (χ2n) is 5.54. The molecule has 0 saturated carbocycles. The molecule has 0 aliphatic heterocycles. The number of esters is 2. The van der Waals surface area contributed by atoms with Crippen LogP contribution in [-0.4, -0.2) is 66.2 Å². The number of nitrogens with zero attached hydrogens (tertiary/aromatic N) is 1. The number of carboxylic acids is 1. The molecular weight excluding hydrogens is 408 g/mol. The summed E-state index contributed by atoms with van der Waals surface area (Å²) in [7, 11) is 1.91. The topological polar surface area (TPSA) is 203 Å². The predicted molar refractivity (Wildman–Crippen MR) is 97.3 cm³/mol. The number of anilines is 1. The molecule has 0 heterocycles. The molecule has 1 aromatic carbocycles. The lowest BCUT2D eigenvalue weighted by Crippen LogP contribution is -2.55. The molecule has 3 amide bonds. The molecule has 1 atom stereocenters. The van der Waals surface area contributed by atoms with Crippen molar-refractivity contribution in [3.05, 3.63) is 34.4 Å². The van der Waals surface area contributed by atoms with Crippen molar-refractivity contribution in [1.82, 2.24) is 10.6 Å². The Morgan fingerprint density at radius 1 is 1.03 bits per heavy atom. The highest BCUT2D eigenvalue weighted by Gasteiger charge is 2.34. The molecule has 4 N–H and O–H groups in total. The van der Waals surface area contributed by atoms with Crippen molar-refractivity contribution in [2.45, 2.75) is 18.5 Å². The molecular formula is C16H18N4O10. The smallest absolute Gasteiger partial charge is 0.340 e. The van der Waals surface area contributed by atoms with Gasteiger partial charge >= 0.3 is 23.9 Å². The van der Waals surface area contributed by atoms with E-state index in [-0.39, 0.29) is 11.4 Å². The highest BCUT2D eigenvalue weighted by Crippen LogP contribution is 2.15. The molecule has 162 valence electrons. The van der Waals surface area contributed by atoms with Gasteiger partial charge < -0.3 is 30.5 Å². The lowest BCUT2D eigenvalue weighted by atomic mass is 10.1. The highest BCUT2D eigenvalue weighted by atomic mass is 16.6. The van der Waals surface area contributed by atoms with Gasteiger partial charge in [-0.15, -0.1) is 0 Å². The Hall–Kier alpha value is -4.23. The Bertz CT molecular complexity index is 823. The molecule has 1 aromatic rings. The quantitative estimate of drug-likeness (QED) is 0.171. The minimum Gasteiger partial charge on any atom is -0.481 e. The second kappa shape index (κ2) is 10.9. The maximum atomic E-state index is 12.3. The summed E-state index contributed by atoms with van der Waals surface area (Å²) in [6.45, 7) is 0. The Morgan fingerprint density at radius 2 is 1.57 bits per heavy atom. The van der Waals surface area contributed by atoms with Gasteiger partial charge in [-0.05, 0) is 12.1 Å². The number of aliphatic carboxylic acids is 1. The second-order valence-corrected chi connectivity index (χ2v) is 5.54. The third kappa shape index (κ3) is 7.06. The van der Waals surface area contributed by atoms with Crippen LogP contribution in [0.25, 0.3) is 0 Å². The summed E-state index contributed by atoms with van der Waals surface area (Å²) < 4.78 is 8.73. The standard InChI is InChI=1S/C16H18N4O10/c1-29-14(24)12(15(25)30-2)19-13(23)10(7-11(21)22)18-16(26)17-8-3-5-9(6-4-8)20(27)28/h3-6,10,12H,7H2,1-2H3,(H,19,23)(H,21,22)(H2,17,18,26). The van der Waals surface area contributed by atoms with Crippen LogP contribution in [0.5, 0.6) is 0 Å². The maximum Gasteiger partial charge on any atom is 0.340 e. The molecule has 30 heavy (non-hydrogen) atoms. The predicted octanol–water partition coefficient (Wildman–Crippen LogP) is -0.610. The fourth-order valence-corrected chi connectivity index (χ4v) is 2.07. The summed E-state index contributed by atoms with van der Waals surface area (Å²) >= 11 is 0. The van der Waals surface area contributed by atoms with Gasteiger partial charge in [0, 0.05) is 17.8 Å². The van der Waals surface area contributed by atoms with E-state index in [1.54, 1.807) is 0 Å². The number of carbonyl (C=O) groups excluding carboxylic acids is 4. The number of urea groups is 1. The zero-order valence-electron chi connectivity index (χ0n) is 15.7. The first-order valence-electron chi connectivity index (χ1n) is 8.08. The molecule has 0 bridgehead atoms. The van der Waals surface area contributed by atoms with Crippen LogP contribution >= 0.6 is 0 Å². The van der Waals surface area contributed by atoms with E-state index >= 15 is 0 Å². The van der Waals surface area contributed by atoms with Crippen molar-refractivity contribution < 1.29 is 43.5 Å². The van der Waals surface area contributed by atoms with Gasteiger partial charge in [-0.1, -0.05) is 0 Å². The summed E-state index contributed by atoms with van der Waals surface area (Å²) in [5.74, 6) is -4.96. The first-order chi connectivity index (χ1) is 14.1. The first-order valence-corrected chi connectivity index (χ1v) is 8.08. The van der Waals surface area contributed by atoms with Gasteiger partial charge in [0.2, 0.25) is 11.9 Å². The van der Waals surface area contributed by atoms with E-state index in [1.165, 1.54) is 12.1 Å². The molecule has 0 spiro atoms. The Kier molecular flexibility index (Phi) is 8.68. The molecule has 0 aliphatic carbocycles. The third-order valence-corrected chi connectivity index (χ3v) is 3.50. The molecule has 0 aromatic heterocycles. The van der Waals surface area contributed by atoms with E-state index in [0.717, 1.165) is 26.4 Å². The number of non-ortho nitro benzene ring substituents is 1. The van der Waals surface area contributed by atoms with Gasteiger partial charge in [0.15, 0.2) is 0 Å². The fraction of sp³-hybridized carbons (Fsp3) is 0.312. The van der Waals surface area contributed by atoms with E-state index in [4.69, 9.17) is 5.11 Å². The first kappa shape index (κ1) is 23.8. The number of ether oxygens (including phenoxy) is 2. The Balaban J connectivity index is 2.89. The molecule has 0 aliphatic rings. The highest BCUT2D eigenvalue weighted by molar-refractivity contribution is 6.04. The SMILES string of the molecule is COC(=O)C(NC(=O)C(CC(=O)O)NC(=O)Nc1ccc([N+](=O)[O-])cc1)C(=O)OC. The zero-order chi connectivity index (χ0) is 22.8. The van der Waals surface area contributed by atoms with Crippen molar-refractivity contribution in [3.8, 4) is 0 Å². The van der Waals surface area contributed by atoms with Crippen LogP contribution in [0.1, 0.15) is 6.42 Å². The van der Waals surface area contributed by atoms with Gasteiger partial charge in [-0.2, -0.15) is 0 Å². The average Bonchev–Trinajstić information content (AvgIpc) is 2.70. The molecule has 1 unspecified atom stereocenters. The number of benzene rings is 1. The summed E-state index contributed by atoms with van der Waals surface area (Å²) in [4.78, 5) is 68.7. The van der Waals surface area contributed by atoms with Crippen molar-refractivity contribution in [1.29, 1.82) is 0 Å². The Morgan fingerprint density at radius 3 is 2.00 bits per heavy atom. The summed E-state index contributed by atoms with van der Waals surface area (Å²) in [5, 5.41) is 25.9. The van der Waals surface area contributed by atoms with Crippen LogP contribution in [0.3, 0.4) is 0 Å². The molecule has 1 rings (SSSR count). The number of amides is 3. The van der Waals surface area contributed by atoms with E-state index in [0.29, 0.717) is 0 Å². The lowest BCUT2D eigenvalue weighted by molar-refractivity contribution is -0.384. The van der Waals surface area contributed by atoms with Crippen LogP contribution in [0.4, 0.5) is 16.2 Å². The molecule has 14 heteroatoms. The van der Waals surface area contributed by atoms with Crippen molar-refractivity contribution in [2.75, 3.05) is 19.5 Å². The van der Waals surface area contributed by atoms with Crippen molar-refractivity contribution >= 4 is 41.2 Å². The van der Waals surface area contributed by atoms with Gasteiger partial charge in [-0.25, -0.2) is 14.4 Å². The number of nitro groups is 1. The summed E-state index contributed by atoms with van der Waals surface area (Å²) in [6.07, 6.45) is -0.880. The van der Waals surface area contributed by atoms with Crippen LogP contribution in [0, 0.1) is 10.1 Å². The van der Waals surface area contributed by atoms with Crippen LogP contribution in [0.15, 0.2) is 24.3 Å². The Labute approximate surface area is 168 Å². The minimum atomic E-state index is -1.87. The van der Waals surface area contributed by atoms with E-state index in [9.17, 15) is 34.1 Å². The van der Waals surface area contributed by atoms with Crippen LogP contribution in [0.2, 0.25) is 0 Å². The van der Waals surface area contributed by atoms with Gasteiger partial charge in [-0.3, -0.25) is 19.7 Å². The number of hydrogen-bond acceptors (Lipinski definition) is 9. The van der Waals surface area contributed by atoms with Crippen LogP contribution in [-0.2, 0) is 28.7 Å². The number of methoxy groups -OCH3 is 2. The molecule has 14 nitrogen and oxygen atoms in total. The number of rotatable bonds is 9. The van der Waals surface area contributed by atoms with Crippen molar-refractivity contribution in [2.24, 2.45) is 0 Å². The third-order valence-electron chi connectivity index (χ3n) is 3.50. The maximum absolute atomic E-state index is 12.3. The zero-order valence-corrected chi connectivity index (χ0v) is 15.7. The number of nitro benzene ring substituents is 1. The van der Waals surface area contributed by atoms with Gasteiger partial charge in [0.05, 0.1) is 25.6 Å². The summed E-state index contributed by atoms with van der Waals surface area (Å²) in [5.41, 5.74) is -0.102. The van der Waals surface area contributed by atoms with Gasteiger partial charge in [0.1, 0.15) is 6.04 Å². The number of carboxylic acid groups (broad SMARTS) is 1. The number of carbonyl (C=O) groups is 5. The molecule has 0 saturated heterocycles. The van der Waals surface area contributed by atoms with Crippen LogP contribution < -0.4 is 16.0 Å². The van der Waals surface area contributed by atoms with E-state index < -0.39 is 53.3 Å². The largest absolute Gasteiger partial charge is 0.481 e. The van der Waals surface area contributed by atoms with E-state index in [2.05, 4.69) is 20.1 Å². The van der Waals surface area contributed by atoms with Crippen molar-refractivity contribution in [3.63, 3.8) is 0 Å². The van der Waals surface area contributed by atoms with Gasteiger partial charge in [0.25, 0.3) is 5.69 Å². The normalized spacial score (nSPS) is 11.0. The number of nitrogens with one attached hydrogen (secondary N) is 3. The fourth-order valence-electron chi connectivity index (χ4n) is 2.07. The lowest BCUT2D eigenvalue weighted by Gasteiger charge is -2.20. The monoisotopic (exact) mass is 426 g/mol. The van der Waals surface area contributed by atoms with E-state index in [1.807, 2.05) is 5.32 Å². The molecule has 0 fully saturated rings. The molecule has 0 radical (unpaired) electrons. The average molecular weight is 426 g/mol.